The molecule has 7 heteroatoms. The average Bonchev–Trinajstić information content (AvgIpc) is 2.37. The summed E-state index contributed by atoms with van der Waals surface area (Å²) < 4.78 is 48.1. The highest BCUT2D eigenvalue weighted by atomic mass is 19.4. The number of hydrogen-bond donors (Lipinski definition) is 1. The molecule has 0 saturated heterocycles. The van der Waals surface area contributed by atoms with Gasteiger partial charge in [-0.1, -0.05) is 0 Å². The number of benzene rings is 1. The molecule has 0 aliphatic rings. The number of methoxy groups -OCH3 is 2. The zero-order valence-electron chi connectivity index (χ0n) is 11.6. The van der Waals surface area contributed by atoms with E-state index in [0.717, 1.165) is 19.2 Å². The summed E-state index contributed by atoms with van der Waals surface area (Å²) in [6.07, 6.45) is -4.57. The van der Waals surface area contributed by atoms with Crippen molar-refractivity contribution in [1.82, 2.24) is 0 Å². The Bertz CT molecular complexity index is 498. The summed E-state index contributed by atoms with van der Waals surface area (Å²) in [7, 11) is 2.49. The Morgan fingerprint density at radius 1 is 1.20 bits per heavy atom. The van der Waals surface area contributed by atoms with Crippen LogP contribution in [0.25, 0.3) is 0 Å². The fourth-order valence-corrected chi connectivity index (χ4v) is 1.38. The van der Waals surface area contributed by atoms with Crippen molar-refractivity contribution >= 4 is 11.6 Å². The van der Waals surface area contributed by atoms with Crippen molar-refractivity contribution in [1.29, 1.82) is 0 Å². The first-order chi connectivity index (χ1) is 9.11. The number of alkyl halides is 3. The molecule has 20 heavy (non-hydrogen) atoms. The molecular formula is C13H16F3NO3. The molecule has 1 amide bonds. The van der Waals surface area contributed by atoms with Gasteiger partial charge in [0, 0.05) is 12.8 Å². The van der Waals surface area contributed by atoms with E-state index in [1.54, 1.807) is 0 Å². The largest absolute Gasteiger partial charge is 0.496 e. The molecule has 0 heterocycles. The number of carbonyl (C=O) groups excluding carboxylic acids is 1. The number of nitrogens with one attached hydrogen (secondary N) is 1. The minimum Gasteiger partial charge on any atom is -0.496 e. The highest BCUT2D eigenvalue weighted by molar-refractivity contribution is 5.96. The third-order valence-electron chi connectivity index (χ3n) is 2.82. The van der Waals surface area contributed by atoms with Gasteiger partial charge in [0.1, 0.15) is 11.4 Å². The van der Waals surface area contributed by atoms with Gasteiger partial charge in [0.25, 0.3) is 5.91 Å². The van der Waals surface area contributed by atoms with Crippen molar-refractivity contribution in [2.24, 2.45) is 0 Å². The van der Waals surface area contributed by atoms with E-state index < -0.39 is 23.2 Å². The molecule has 0 spiro atoms. The first kappa shape index (κ1) is 16.3. The predicted molar refractivity (Wildman–Crippen MR) is 67.7 cm³/mol. The summed E-state index contributed by atoms with van der Waals surface area (Å²) in [4.78, 5) is 11.8. The van der Waals surface area contributed by atoms with Gasteiger partial charge >= 0.3 is 6.18 Å². The number of hydrogen-bond acceptors (Lipinski definition) is 3. The minimum absolute atomic E-state index is 0.0215. The van der Waals surface area contributed by atoms with Crippen LogP contribution in [0, 0.1) is 0 Å². The average molecular weight is 291 g/mol. The van der Waals surface area contributed by atoms with Crippen LogP contribution in [-0.4, -0.2) is 25.7 Å². The van der Waals surface area contributed by atoms with Crippen LogP contribution in [0.15, 0.2) is 18.2 Å². The number of rotatable bonds is 4. The monoisotopic (exact) mass is 291 g/mol. The van der Waals surface area contributed by atoms with Crippen molar-refractivity contribution in [2.75, 3.05) is 19.5 Å². The predicted octanol–water partition coefficient (Wildman–Crippen LogP) is 3.08. The third-order valence-corrected chi connectivity index (χ3v) is 2.82. The number of amides is 1. The van der Waals surface area contributed by atoms with Gasteiger partial charge < -0.3 is 14.8 Å². The smallest absolute Gasteiger partial charge is 0.420 e. The van der Waals surface area contributed by atoms with Gasteiger partial charge in [-0.15, -0.1) is 0 Å². The lowest BCUT2D eigenvalue weighted by molar-refractivity contribution is -0.139. The Hall–Kier alpha value is -1.76. The summed E-state index contributed by atoms with van der Waals surface area (Å²) >= 11 is 0. The van der Waals surface area contributed by atoms with E-state index >= 15 is 0 Å². The van der Waals surface area contributed by atoms with E-state index in [9.17, 15) is 18.0 Å². The van der Waals surface area contributed by atoms with Crippen LogP contribution in [0.3, 0.4) is 0 Å². The van der Waals surface area contributed by atoms with Gasteiger partial charge in [0.05, 0.1) is 12.7 Å². The number of anilines is 1. The molecule has 0 saturated carbocycles. The molecule has 0 aliphatic heterocycles. The van der Waals surface area contributed by atoms with Gasteiger partial charge in [-0.2, -0.15) is 13.2 Å². The zero-order chi connectivity index (χ0) is 15.6. The van der Waals surface area contributed by atoms with E-state index in [2.05, 4.69) is 10.1 Å². The summed E-state index contributed by atoms with van der Waals surface area (Å²) in [5.41, 5.74) is -2.07. The molecule has 1 aromatic rings. The van der Waals surface area contributed by atoms with Crippen LogP contribution >= 0.6 is 0 Å². The van der Waals surface area contributed by atoms with Crippen LogP contribution < -0.4 is 10.1 Å². The molecule has 0 atom stereocenters. The number of carbonyl (C=O) groups is 1. The Balaban J connectivity index is 3.08. The van der Waals surface area contributed by atoms with Crippen LogP contribution in [0.4, 0.5) is 18.9 Å². The van der Waals surface area contributed by atoms with Crippen molar-refractivity contribution in [3.05, 3.63) is 23.8 Å². The first-order valence-electron chi connectivity index (χ1n) is 5.73. The molecule has 0 fully saturated rings. The van der Waals surface area contributed by atoms with E-state index in [-0.39, 0.29) is 11.4 Å². The van der Waals surface area contributed by atoms with Crippen LogP contribution in [0.1, 0.15) is 19.4 Å². The second kappa shape index (κ2) is 5.70. The van der Waals surface area contributed by atoms with E-state index in [1.807, 2.05) is 0 Å². The molecular weight excluding hydrogens is 275 g/mol. The van der Waals surface area contributed by atoms with Gasteiger partial charge in [-0.25, -0.2) is 0 Å². The molecule has 0 radical (unpaired) electrons. The molecule has 1 N–H and O–H groups in total. The number of ether oxygens (including phenoxy) is 2. The second-order valence-electron chi connectivity index (χ2n) is 4.58. The molecule has 0 unspecified atom stereocenters. The zero-order valence-corrected chi connectivity index (χ0v) is 11.6. The minimum atomic E-state index is -4.57. The SMILES string of the molecule is COc1ccc(NC(=O)C(C)(C)OC)cc1C(F)(F)F. The Morgan fingerprint density at radius 2 is 1.80 bits per heavy atom. The molecule has 1 aromatic carbocycles. The van der Waals surface area contributed by atoms with Gasteiger partial charge in [0.15, 0.2) is 0 Å². The second-order valence-corrected chi connectivity index (χ2v) is 4.58. The number of halogens is 3. The maximum atomic E-state index is 12.8. The standard InChI is InChI=1S/C13H16F3NO3/c1-12(2,20-4)11(18)17-8-5-6-10(19-3)9(7-8)13(14,15)16/h5-7H,1-4H3,(H,17,18). The van der Waals surface area contributed by atoms with Crippen molar-refractivity contribution in [2.45, 2.75) is 25.6 Å². The summed E-state index contributed by atoms with van der Waals surface area (Å²) in [5.74, 6) is -0.847. The van der Waals surface area contributed by atoms with E-state index in [4.69, 9.17) is 4.74 Å². The normalized spacial score (nSPS) is 12.2. The van der Waals surface area contributed by atoms with Gasteiger partial charge in [0.2, 0.25) is 0 Å². The molecule has 0 aromatic heterocycles. The lowest BCUT2D eigenvalue weighted by Crippen LogP contribution is -2.38. The molecule has 1 rings (SSSR count). The molecule has 112 valence electrons. The Labute approximate surface area is 114 Å². The summed E-state index contributed by atoms with van der Waals surface area (Å²) in [5, 5.41) is 2.38. The van der Waals surface area contributed by atoms with Crippen LogP contribution in [-0.2, 0) is 15.7 Å². The summed E-state index contributed by atoms with van der Waals surface area (Å²) in [6, 6.07) is 3.30. The topological polar surface area (TPSA) is 47.6 Å². The molecule has 4 nitrogen and oxygen atoms in total. The lowest BCUT2D eigenvalue weighted by Gasteiger charge is -2.22. The Morgan fingerprint density at radius 3 is 2.25 bits per heavy atom. The highest BCUT2D eigenvalue weighted by Crippen LogP contribution is 2.37. The van der Waals surface area contributed by atoms with Crippen molar-refractivity contribution < 1.29 is 27.4 Å². The third kappa shape index (κ3) is 3.63. The van der Waals surface area contributed by atoms with Crippen molar-refractivity contribution in [3.63, 3.8) is 0 Å². The van der Waals surface area contributed by atoms with Gasteiger partial charge in [-0.3, -0.25) is 4.79 Å². The summed E-state index contributed by atoms with van der Waals surface area (Å²) in [6.45, 7) is 3.02. The highest BCUT2D eigenvalue weighted by Gasteiger charge is 2.35. The fourth-order valence-electron chi connectivity index (χ4n) is 1.38. The molecule has 0 aliphatic carbocycles. The quantitative estimate of drug-likeness (QED) is 0.927. The first-order valence-corrected chi connectivity index (χ1v) is 5.73. The lowest BCUT2D eigenvalue weighted by atomic mass is 10.1. The fraction of sp³-hybridized carbons (Fsp3) is 0.462. The van der Waals surface area contributed by atoms with E-state index in [0.29, 0.717) is 0 Å². The maximum absolute atomic E-state index is 12.8. The van der Waals surface area contributed by atoms with Crippen LogP contribution in [0.5, 0.6) is 5.75 Å². The van der Waals surface area contributed by atoms with Gasteiger partial charge in [-0.05, 0) is 32.0 Å². The Kier molecular flexibility index (Phi) is 4.65. The van der Waals surface area contributed by atoms with Crippen molar-refractivity contribution in [3.8, 4) is 5.75 Å². The maximum Gasteiger partial charge on any atom is 0.420 e. The van der Waals surface area contributed by atoms with Crippen LogP contribution in [0.2, 0.25) is 0 Å². The van der Waals surface area contributed by atoms with E-state index in [1.165, 1.54) is 27.0 Å². The molecule has 0 bridgehead atoms.